The molecule has 0 fully saturated rings. The van der Waals surface area contributed by atoms with Gasteiger partial charge in [-0.25, -0.2) is 0 Å². The molecule has 2 N–H and O–H groups in total. The number of aliphatic hydroxyl groups is 1. The fourth-order valence-electron chi connectivity index (χ4n) is 2.26. The van der Waals surface area contributed by atoms with Gasteiger partial charge in [-0.05, 0) is 22.8 Å². The molecule has 2 aromatic rings. The van der Waals surface area contributed by atoms with E-state index < -0.39 is 17.6 Å². The number of aliphatic hydroxyl groups excluding tert-OH is 1. The van der Waals surface area contributed by atoms with Crippen molar-refractivity contribution >= 4 is 5.91 Å². The van der Waals surface area contributed by atoms with E-state index in [1.165, 1.54) is 18.2 Å². The Morgan fingerprint density at radius 3 is 2.13 bits per heavy atom. The minimum Gasteiger partial charge on any atom is -0.392 e. The second-order valence-corrected chi connectivity index (χ2v) is 5.04. The Morgan fingerprint density at radius 2 is 1.52 bits per heavy atom. The van der Waals surface area contributed by atoms with Crippen LogP contribution >= 0.6 is 0 Å². The number of amides is 1. The van der Waals surface area contributed by atoms with Crippen LogP contribution in [-0.4, -0.2) is 11.0 Å². The number of hydrogen-bond donors (Lipinski definition) is 2. The molecule has 0 spiro atoms. The van der Waals surface area contributed by atoms with Crippen LogP contribution in [0.4, 0.5) is 13.2 Å². The number of halogens is 3. The first-order valence-electron chi connectivity index (χ1n) is 7.01. The van der Waals surface area contributed by atoms with Crippen molar-refractivity contribution in [3.8, 4) is 0 Å². The molecule has 0 aromatic heterocycles. The molecule has 1 amide bonds. The third-order valence-electron chi connectivity index (χ3n) is 3.44. The summed E-state index contributed by atoms with van der Waals surface area (Å²) in [4.78, 5) is 11.9. The Labute approximate surface area is 131 Å². The van der Waals surface area contributed by atoms with Gasteiger partial charge in [-0.1, -0.05) is 42.5 Å². The van der Waals surface area contributed by atoms with Crippen LogP contribution in [0, 0.1) is 0 Å². The summed E-state index contributed by atoms with van der Waals surface area (Å²) in [6.07, 6.45) is -4.84. The summed E-state index contributed by atoms with van der Waals surface area (Å²) in [5, 5.41) is 11.8. The molecule has 0 heterocycles. The largest absolute Gasteiger partial charge is 0.416 e. The van der Waals surface area contributed by atoms with E-state index in [-0.39, 0.29) is 25.1 Å². The number of benzene rings is 2. The minimum absolute atomic E-state index is 0.0621. The number of carbonyl (C=O) groups excluding carboxylic acids is 1. The van der Waals surface area contributed by atoms with Gasteiger partial charge in [-0.2, -0.15) is 13.2 Å². The highest BCUT2D eigenvalue weighted by atomic mass is 19.4. The van der Waals surface area contributed by atoms with Gasteiger partial charge in [0.25, 0.3) is 0 Å². The summed E-state index contributed by atoms with van der Waals surface area (Å²) >= 11 is 0. The van der Waals surface area contributed by atoms with Crippen molar-refractivity contribution in [1.82, 2.24) is 5.32 Å². The van der Waals surface area contributed by atoms with Gasteiger partial charge in [-0.3, -0.25) is 4.79 Å². The molecule has 0 saturated heterocycles. The second-order valence-electron chi connectivity index (χ2n) is 5.04. The van der Waals surface area contributed by atoms with E-state index in [1.807, 2.05) is 0 Å². The van der Waals surface area contributed by atoms with Crippen LogP contribution in [0.1, 0.15) is 22.3 Å². The lowest BCUT2D eigenvalue weighted by molar-refractivity contribution is -0.138. The Morgan fingerprint density at radius 1 is 0.957 bits per heavy atom. The summed E-state index contributed by atoms with van der Waals surface area (Å²) in [7, 11) is 0. The lowest BCUT2D eigenvalue weighted by atomic mass is 10.0. The van der Waals surface area contributed by atoms with Crippen molar-refractivity contribution in [3.05, 3.63) is 70.8 Å². The zero-order valence-corrected chi connectivity index (χ0v) is 12.2. The maximum Gasteiger partial charge on any atom is 0.416 e. The first-order valence-corrected chi connectivity index (χ1v) is 7.01. The summed E-state index contributed by atoms with van der Waals surface area (Å²) in [6.45, 7) is -0.00724. The molecule has 2 aromatic carbocycles. The van der Waals surface area contributed by atoms with Crippen molar-refractivity contribution in [3.63, 3.8) is 0 Å². The van der Waals surface area contributed by atoms with E-state index in [2.05, 4.69) is 5.32 Å². The van der Waals surface area contributed by atoms with E-state index in [0.29, 0.717) is 5.56 Å². The predicted molar refractivity (Wildman–Crippen MR) is 79.4 cm³/mol. The van der Waals surface area contributed by atoms with Crippen LogP contribution in [0.3, 0.4) is 0 Å². The summed E-state index contributed by atoms with van der Waals surface area (Å²) in [5.74, 6) is -0.505. The van der Waals surface area contributed by atoms with Crippen LogP contribution in [0.25, 0.3) is 0 Å². The molecule has 0 unspecified atom stereocenters. The molecule has 0 atom stereocenters. The Kier molecular flexibility index (Phi) is 5.39. The number of carbonyl (C=O) groups is 1. The number of alkyl halides is 3. The molecular weight excluding hydrogens is 307 g/mol. The van der Waals surface area contributed by atoms with Crippen LogP contribution in [0.2, 0.25) is 0 Å². The van der Waals surface area contributed by atoms with Crippen LogP contribution in [0.5, 0.6) is 0 Å². The maximum atomic E-state index is 12.9. The van der Waals surface area contributed by atoms with Crippen molar-refractivity contribution < 1.29 is 23.1 Å². The van der Waals surface area contributed by atoms with Crippen molar-refractivity contribution in [1.29, 1.82) is 0 Å². The van der Waals surface area contributed by atoms with Gasteiger partial charge in [0.2, 0.25) is 5.91 Å². The van der Waals surface area contributed by atoms with Crippen molar-refractivity contribution in [2.75, 3.05) is 0 Å². The quantitative estimate of drug-likeness (QED) is 0.888. The zero-order valence-electron chi connectivity index (χ0n) is 12.2. The maximum absolute atomic E-state index is 12.9. The average molecular weight is 323 g/mol. The van der Waals surface area contributed by atoms with Crippen LogP contribution < -0.4 is 5.32 Å². The van der Waals surface area contributed by atoms with Crippen LogP contribution in [-0.2, 0) is 30.5 Å². The molecule has 23 heavy (non-hydrogen) atoms. The normalized spacial score (nSPS) is 11.3. The second kappa shape index (κ2) is 7.28. The first kappa shape index (κ1) is 17.0. The molecule has 0 aliphatic carbocycles. The molecular formula is C17H16F3NO2. The molecule has 3 nitrogen and oxygen atoms in total. The van der Waals surface area contributed by atoms with E-state index in [0.717, 1.165) is 11.6 Å². The van der Waals surface area contributed by atoms with E-state index in [9.17, 15) is 23.1 Å². The third-order valence-corrected chi connectivity index (χ3v) is 3.44. The third kappa shape index (κ3) is 4.56. The number of hydrogen-bond acceptors (Lipinski definition) is 2. The van der Waals surface area contributed by atoms with E-state index in [4.69, 9.17) is 0 Å². The smallest absolute Gasteiger partial charge is 0.392 e. The lowest BCUT2D eigenvalue weighted by Crippen LogP contribution is -2.26. The standard InChI is InChI=1S/C17H16F3NO2/c18-17(19,20)15-8-4-3-5-12(15)9-16(23)21-10-13-6-1-2-7-14(13)11-22/h1-8,22H,9-11H2,(H,21,23). The number of rotatable bonds is 5. The summed E-state index contributed by atoms with van der Waals surface area (Å²) in [5.41, 5.74) is 0.537. The fraction of sp³-hybridized carbons (Fsp3) is 0.235. The predicted octanol–water partition coefficient (Wildman–Crippen LogP) is 3.06. The molecule has 0 aliphatic heterocycles. The zero-order chi connectivity index (χ0) is 16.9. The topological polar surface area (TPSA) is 49.3 Å². The van der Waals surface area contributed by atoms with E-state index in [1.54, 1.807) is 24.3 Å². The SMILES string of the molecule is O=C(Cc1ccccc1C(F)(F)F)NCc1ccccc1CO. The van der Waals surface area contributed by atoms with Crippen LogP contribution in [0.15, 0.2) is 48.5 Å². The average Bonchev–Trinajstić information content (AvgIpc) is 2.52. The molecule has 0 bridgehead atoms. The fourth-order valence-corrected chi connectivity index (χ4v) is 2.26. The Bertz CT molecular complexity index is 684. The van der Waals surface area contributed by atoms with Gasteiger partial charge in [-0.15, -0.1) is 0 Å². The van der Waals surface area contributed by atoms with Gasteiger partial charge in [0, 0.05) is 6.54 Å². The highest BCUT2D eigenvalue weighted by Crippen LogP contribution is 2.31. The van der Waals surface area contributed by atoms with Crippen molar-refractivity contribution in [2.45, 2.75) is 25.7 Å². The minimum atomic E-state index is -4.49. The molecule has 122 valence electrons. The summed E-state index contributed by atoms with van der Waals surface area (Å²) < 4.78 is 38.7. The molecule has 2 rings (SSSR count). The molecule has 6 heteroatoms. The van der Waals surface area contributed by atoms with Crippen molar-refractivity contribution in [2.24, 2.45) is 0 Å². The lowest BCUT2D eigenvalue weighted by Gasteiger charge is -2.13. The highest BCUT2D eigenvalue weighted by molar-refractivity contribution is 5.79. The molecule has 0 radical (unpaired) electrons. The van der Waals surface area contributed by atoms with E-state index >= 15 is 0 Å². The first-order chi connectivity index (χ1) is 10.9. The highest BCUT2D eigenvalue weighted by Gasteiger charge is 2.33. The monoisotopic (exact) mass is 323 g/mol. The Hall–Kier alpha value is -2.34. The Balaban J connectivity index is 2.04. The van der Waals surface area contributed by atoms with Gasteiger partial charge in [0.15, 0.2) is 0 Å². The molecule has 0 aliphatic rings. The van der Waals surface area contributed by atoms with Gasteiger partial charge in [0.05, 0.1) is 18.6 Å². The van der Waals surface area contributed by atoms with Gasteiger partial charge >= 0.3 is 6.18 Å². The molecule has 0 saturated carbocycles. The van der Waals surface area contributed by atoms with Gasteiger partial charge in [0.1, 0.15) is 0 Å². The number of nitrogens with one attached hydrogen (secondary N) is 1. The summed E-state index contributed by atoms with van der Waals surface area (Å²) in [6, 6.07) is 12.0. The van der Waals surface area contributed by atoms with Gasteiger partial charge < -0.3 is 10.4 Å².